The minimum atomic E-state index is -0.504. The molecule has 1 N–H and O–H groups in total. The molecule has 0 saturated carbocycles. The molecule has 0 amide bonds. The zero-order valence-corrected chi connectivity index (χ0v) is 12.7. The molecule has 0 heterocycles. The normalized spacial score (nSPS) is 9.38. The van der Waals surface area contributed by atoms with Crippen LogP contribution in [0.1, 0.15) is 46.9 Å². The van der Waals surface area contributed by atoms with Crippen molar-refractivity contribution in [2.24, 2.45) is 0 Å². The summed E-state index contributed by atoms with van der Waals surface area (Å²) in [6.07, 6.45) is 5.72. The molecule has 0 atom stereocenters. The van der Waals surface area contributed by atoms with Gasteiger partial charge in [0.05, 0.1) is 6.54 Å². The Balaban J connectivity index is -0.000000980. The van der Waals surface area contributed by atoms with Crippen molar-refractivity contribution in [2.45, 2.75) is 45.4 Å². The molecule has 0 bridgehead atoms. The third-order valence-corrected chi connectivity index (χ3v) is 2.03. The van der Waals surface area contributed by atoms with Gasteiger partial charge >= 0.3 is 41.5 Å². The molecule has 0 radical (unpaired) electrons. The topological polar surface area (TPSA) is 55.4 Å². The molecule has 5 heteroatoms. The third kappa shape index (κ3) is 12.2. The van der Waals surface area contributed by atoms with E-state index in [-0.39, 0.29) is 37.5 Å². The van der Waals surface area contributed by atoms with Gasteiger partial charge in [0, 0.05) is 6.42 Å². The van der Waals surface area contributed by atoms with Crippen LogP contribution in [-0.4, -0.2) is 25.5 Å². The number of ether oxygens (including phenoxy) is 1. The van der Waals surface area contributed by atoms with Crippen LogP contribution in [0, 0.1) is 0 Å². The molecule has 0 aliphatic rings. The van der Waals surface area contributed by atoms with Crippen molar-refractivity contribution >= 4 is 11.9 Å². The maximum atomic E-state index is 11.1. The van der Waals surface area contributed by atoms with Crippen LogP contribution in [0.4, 0.5) is 0 Å². The average Bonchev–Trinajstić information content (AvgIpc) is 2.17. The summed E-state index contributed by atoms with van der Waals surface area (Å²) in [5, 5.41) is 2.63. The van der Waals surface area contributed by atoms with Gasteiger partial charge in [-0.05, 0) is 13.5 Å². The van der Waals surface area contributed by atoms with Crippen molar-refractivity contribution in [3.05, 3.63) is 0 Å². The van der Waals surface area contributed by atoms with Crippen LogP contribution in [0.25, 0.3) is 0 Å². The quantitative estimate of drug-likeness (QED) is 0.249. The Bertz CT molecular complexity index is 203. The van der Waals surface area contributed by atoms with Crippen molar-refractivity contribution in [1.29, 1.82) is 0 Å². The summed E-state index contributed by atoms with van der Waals surface area (Å²) in [6, 6.07) is 0. The minimum Gasteiger partial charge on any atom is -1.00 e. The van der Waals surface area contributed by atoms with Crippen LogP contribution in [-0.2, 0) is 14.3 Å². The van der Waals surface area contributed by atoms with Crippen LogP contribution in [0.2, 0.25) is 0 Å². The Morgan fingerprint density at radius 3 is 2.31 bits per heavy atom. The van der Waals surface area contributed by atoms with E-state index in [4.69, 9.17) is 0 Å². The van der Waals surface area contributed by atoms with Crippen LogP contribution >= 0.6 is 0 Å². The molecule has 16 heavy (non-hydrogen) atoms. The van der Waals surface area contributed by atoms with Gasteiger partial charge < -0.3 is 11.5 Å². The summed E-state index contributed by atoms with van der Waals surface area (Å²) < 4.78 is 4.56. The van der Waals surface area contributed by atoms with Gasteiger partial charge in [0.2, 0.25) is 0 Å². The number of nitrogens with one attached hydrogen (secondary N) is 1. The summed E-state index contributed by atoms with van der Waals surface area (Å²) in [5.41, 5.74) is 0. The molecule has 0 aliphatic carbocycles. The van der Waals surface area contributed by atoms with Crippen molar-refractivity contribution in [3.63, 3.8) is 0 Å². The van der Waals surface area contributed by atoms with Gasteiger partial charge in [-0.15, -0.1) is 0 Å². The Kier molecular flexibility index (Phi) is 15.2. The van der Waals surface area contributed by atoms with E-state index in [2.05, 4.69) is 17.0 Å². The molecule has 0 aliphatic heterocycles. The first-order valence-electron chi connectivity index (χ1n) is 5.58. The number of hydrogen-bond donors (Lipinski definition) is 1. The van der Waals surface area contributed by atoms with Gasteiger partial charge in [0.1, 0.15) is 0 Å². The van der Waals surface area contributed by atoms with Crippen molar-refractivity contribution in [2.75, 3.05) is 13.6 Å². The number of rotatable bonds is 8. The summed E-state index contributed by atoms with van der Waals surface area (Å²) >= 11 is 0. The number of hydrogen-bond acceptors (Lipinski definition) is 4. The van der Waals surface area contributed by atoms with Crippen LogP contribution in [0.5, 0.6) is 0 Å². The Morgan fingerprint density at radius 1 is 1.12 bits per heavy atom. The Morgan fingerprint density at radius 2 is 1.75 bits per heavy atom. The molecular formula is C11H22NNaO3. The second-order valence-corrected chi connectivity index (χ2v) is 3.54. The standard InChI is InChI=1S/C11H21NO3.Na.H/c1-3-4-5-6-7-8-10(13)15-11(14)9-12-2;;/h12H,3-9H2,1-2H3;;/q;+1;-1. The SMILES string of the molecule is CCCCCCCC(=O)OC(=O)CNC.[H-].[Na+]. The monoisotopic (exact) mass is 239 g/mol. The summed E-state index contributed by atoms with van der Waals surface area (Å²) in [4.78, 5) is 22.0. The van der Waals surface area contributed by atoms with Gasteiger partial charge in [-0.1, -0.05) is 32.6 Å². The zero-order chi connectivity index (χ0) is 11.5. The molecule has 0 spiro atoms. The molecule has 0 aromatic rings. The number of unbranched alkanes of at least 4 members (excludes halogenated alkanes) is 4. The van der Waals surface area contributed by atoms with E-state index in [1.807, 2.05) is 0 Å². The molecule has 4 nitrogen and oxygen atoms in total. The predicted molar refractivity (Wildman–Crippen MR) is 59.5 cm³/mol. The zero-order valence-electron chi connectivity index (χ0n) is 11.7. The van der Waals surface area contributed by atoms with Crippen molar-refractivity contribution in [1.82, 2.24) is 5.32 Å². The maximum Gasteiger partial charge on any atom is 1.00 e. The fourth-order valence-corrected chi connectivity index (χ4v) is 1.23. The second kappa shape index (κ2) is 13.2. The fourth-order valence-electron chi connectivity index (χ4n) is 1.23. The van der Waals surface area contributed by atoms with Crippen LogP contribution in [0.3, 0.4) is 0 Å². The summed E-state index contributed by atoms with van der Waals surface area (Å²) in [7, 11) is 1.64. The molecule has 0 rings (SSSR count). The molecule has 0 fully saturated rings. The first-order valence-corrected chi connectivity index (χ1v) is 5.58. The summed E-state index contributed by atoms with van der Waals surface area (Å²) in [6.45, 7) is 2.23. The first kappa shape index (κ1) is 18.5. The first-order chi connectivity index (χ1) is 7.20. The predicted octanol–water partition coefficient (Wildman–Crippen LogP) is -1.25. The van der Waals surface area contributed by atoms with E-state index in [9.17, 15) is 9.59 Å². The molecule has 90 valence electrons. The molecule has 0 aromatic carbocycles. The van der Waals surface area contributed by atoms with Crippen molar-refractivity contribution < 1.29 is 45.3 Å². The van der Waals surface area contributed by atoms with Crippen LogP contribution in [0.15, 0.2) is 0 Å². The van der Waals surface area contributed by atoms with Crippen LogP contribution < -0.4 is 34.9 Å². The largest absolute Gasteiger partial charge is 1.00 e. The molecule has 0 aromatic heterocycles. The van der Waals surface area contributed by atoms with Gasteiger partial charge in [-0.3, -0.25) is 9.59 Å². The van der Waals surface area contributed by atoms with E-state index in [1.165, 1.54) is 12.8 Å². The van der Waals surface area contributed by atoms with E-state index in [0.717, 1.165) is 19.3 Å². The van der Waals surface area contributed by atoms with Gasteiger partial charge in [0.15, 0.2) is 0 Å². The van der Waals surface area contributed by atoms with Gasteiger partial charge in [-0.2, -0.15) is 0 Å². The maximum absolute atomic E-state index is 11.1. The number of carbonyl (C=O) groups excluding carboxylic acids is 2. The number of esters is 2. The number of likely N-dealkylation sites (N-methyl/N-ethyl adjacent to an activating group) is 1. The summed E-state index contributed by atoms with van der Waals surface area (Å²) in [5.74, 6) is -0.914. The molecular weight excluding hydrogens is 217 g/mol. The average molecular weight is 239 g/mol. The fraction of sp³-hybridized carbons (Fsp3) is 0.818. The second-order valence-electron chi connectivity index (χ2n) is 3.54. The van der Waals surface area contributed by atoms with E-state index in [0.29, 0.717) is 6.42 Å². The van der Waals surface area contributed by atoms with Gasteiger partial charge in [0.25, 0.3) is 0 Å². The molecule has 0 saturated heterocycles. The van der Waals surface area contributed by atoms with E-state index < -0.39 is 11.9 Å². The Labute approximate surface area is 121 Å². The van der Waals surface area contributed by atoms with E-state index in [1.54, 1.807) is 7.05 Å². The van der Waals surface area contributed by atoms with Crippen molar-refractivity contribution in [3.8, 4) is 0 Å². The van der Waals surface area contributed by atoms with E-state index >= 15 is 0 Å². The minimum absolute atomic E-state index is 0. The molecule has 0 unspecified atom stereocenters. The van der Waals surface area contributed by atoms with Gasteiger partial charge in [-0.25, -0.2) is 0 Å². The smallest absolute Gasteiger partial charge is 1.00 e. The third-order valence-electron chi connectivity index (χ3n) is 2.03. The number of carbonyl (C=O) groups is 2. The Hall–Kier alpha value is 0.1000.